The lowest BCUT2D eigenvalue weighted by Crippen LogP contribution is -2.43. The highest BCUT2D eigenvalue weighted by molar-refractivity contribution is 6.31. The Morgan fingerprint density at radius 2 is 1.54 bits per heavy atom. The van der Waals surface area contributed by atoms with Crippen molar-refractivity contribution in [1.82, 2.24) is 4.90 Å². The zero-order valence-corrected chi connectivity index (χ0v) is 17.1. The van der Waals surface area contributed by atoms with Gasteiger partial charge in [-0.05, 0) is 24.3 Å². The number of methoxy groups -OCH3 is 1. The van der Waals surface area contributed by atoms with E-state index < -0.39 is 6.04 Å². The lowest BCUT2D eigenvalue weighted by Gasteiger charge is -2.28. The predicted octanol–water partition coefficient (Wildman–Crippen LogP) is 3.70. The van der Waals surface area contributed by atoms with Crippen LogP contribution in [0.2, 0.25) is 10.0 Å². The Labute approximate surface area is 174 Å². The number of halogens is 2. The molecule has 7 heteroatoms. The van der Waals surface area contributed by atoms with Crippen LogP contribution in [0.1, 0.15) is 11.1 Å². The van der Waals surface area contributed by atoms with Crippen molar-refractivity contribution in [2.75, 3.05) is 40.0 Å². The van der Waals surface area contributed by atoms with E-state index in [1.54, 1.807) is 24.3 Å². The van der Waals surface area contributed by atoms with Crippen LogP contribution in [0.4, 0.5) is 0 Å². The van der Waals surface area contributed by atoms with Crippen molar-refractivity contribution >= 4 is 34.9 Å². The van der Waals surface area contributed by atoms with Gasteiger partial charge in [0.25, 0.3) is 0 Å². The summed E-state index contributed by atoms with van der Waals surface area (Å²) in [5.74, 6) is -0.369. The fraction of sp³-hybridized carbons (Fsp3) is 0.333. The minimum atomic E-state index is -0.649. The minimum Gasteiger partial charge on any atom is -0.467 e. The number of morpholine rings is 1. The van der Waals surface area contributed by atoms with E-state index in [1.807, 2.05) is 24.3 Å². The fourth-order valence-corrected chi connectivity index (χ4v) is 3.27. The second-order valence-corrected chi connectivity index (χ2v) is 7.32. The maximum atomic E-state index is 12.5. The van der Waals surface area contributed by atoms with E-state index in [1.165, 1.54) is 7.11 Å². The highest BCUT2D eigenvalue weighted by Crippen LogP contribution is 2.18. The van der Waals surface area contributed by atoms with Gasteiger partial charge in [0.2, 0.25) is 0 Å². The van der Waals surface area contributed by atoms with Crippen molar-refractivity contribution < 1.29 is 14.3 Å². The van der Waals surface area contributed by atoms with Crippen LogP contribution >= 0.6 is 23.2 Å². The van der Waals surface area contributed by atoms with Crippen molar-refractivity contribution in [1.29, 1.82) is 0 Å². The molecule has 1 saturated heterocycles. The summed E-state index contributed by atoms with van der Waals surface area (Å²) in [7, 11) is 1.38. The third-order valence-electron chi connectivity index (χ3n) is 4.53. The van der Waals surface area contributed by atoms with Gasteiger partial charge in [-0.2, -0.15) is 0 Å². The van der Waals surface area contributed by atoms with E-state index >= 15 is 0 Å². The molecule has 0 radical (unpaired) electrons. The van der Waals surface area contributed by atoms with E-state index in [4.69, 9.17) is 37.7 Å². The Balaban J connectivity index is 1.98. The Morgan fingerprint density at radius 3 is 2.00 bits per heavy atom. The number of hydrogen-bond acceptors (Lipinski definition) is 5. The number of benzene rings is 2. The van der Waals surface area contributed by atoms with Crippen molar-refractivity contribution in [3.63, 3.8) is 0 Å². The topological polar surface area (TPSA) is 51.1 Å². The van der Waals surface area contributed by atoms with Crippen LogP contribution in [0.5, 0.6) is 0 Å². The van der Waals surface area contributed by atoms with Crippen LogP contribution in [0.3, 0.4) is 0 Å². The number of ether oxygens (including phenoxy) is 2. The first kappa shape index (κ1) is 20.8. The smallest absolute Gasteiger partial charge is 0.331 e. The molecule has 0 aliphatic carbocycles. The number of esters is 1. The van der Waals surface area contributed by atoms with Crippen molar-refractivity contribution in [3.8, 4) is 0 Å². The van der Waals surface area contributed by atoms with E-state index in [-0.39, 0.29) is 5.97 Å². The van der Waals surface area contributed by atoms with Crippen molar-refractivity contribution in [2.45, 2.75) is 6.04 Å². The molecule has 1 aliphatic rings. The Hall–Kier alpha value is -1.92. The SMILES string of the molecule is COC(=O)C(CN1CCOCC1)N=C(c1ccc(Cl)cc1)c1ccc(Cl)cc1. The Kier molecular flexibility index (Phi) is 7.45. The molecule has 0 saturated carbocycles. The highest BCUT2D eigenvalue weighted by Gasteiger charge is 2.24. The third-order valence-corrected chi connectivity index (χ3v) is 5.03. The monoisotopic (exact) mass is 420 g/mol. The molecule has 2 aromatic rings. The average Bonchev–Trinajstić information content (AvgIpc) is 2.73. The lowest BCUT2D eigenvalue weighted by molar-refractivity contribution is -0.142. The molecule has 3 rings (SSSR count). The maximum absolute atomic E-state index is 12.5. The van der Waals surface area contributed by atoms with Crippen LogP contribution in [0, 0.1) is 0 Å². The second kappa shape index (κ2) is 10.0. The van der Waals surface area contributed by atoms with Crippen LogP contribution in [0.25, 0.3) is 0 Å². The first-order valence-electron chi connectivity index (χ1n) is 9.04. The number of aliphatic imine (C=N–C) groups is 1. The van der Waals surface area contributed by atoms with Gasteiger partial charge in [0.15, 0.2) is 6.04 Å². The highest BCUT2D eigenvalue weighted by atomic mass is 35.5. The zero-order valence-electron chi connectivity index (χ0n) is 15.6. The molecule has 0 N–H and O–H groups in total. The van der Waals surface area contributed by atoms with E-state index in [9.17, 15) is 4.79 Å². The van der Waals surface area contributed by atoms with Gasteiger partial charge in [0.1, 0.15) is 0 Å². The van der Waals surface area contributed by atoms with E-state index in [2.05, 4.69) is 4.90 Å². The number of carbonyl (C=O) groups is 1. The first-order valence-corrected chi connectivity index (χ1v) is 9.80. The lowest BCUT2D eigenvalue weighted by atomic mass is 10.0. The average molecular weight is 421 g/mol. The normalized spacial score (nSPS) is 15.7. The molecule has 1 fully saturated rings. The molecule has 28 heavy (non-hydrogen) atoms. The van der Waals surface area contributed by atoms with Gasteiger partial charge < -0.3 is 9.47 Å². The molecular weight excluding hydrogens is 399 g/mol. The molecule has 0 spiro atoms. The largest absolute Gasteiger partial charge is 0.467 e. The van der Waals surface area contributed by atoms with Crippen molar-refractivity contribution in [2.24, 2.45) is 4.99 Å². The zero-order chi connectivity index (χ0) is 19.9. The molecule has 0 bridgehead atoms. The summed E-state index contributed by atoms with van der Waals surface area (Å²) in [4.78, 5) is 19.4. The predicted molar refractivity (Wildman–Crippen MR) is 112 cm³/mol. The summed E-state index contributed by atoms with van der Waals surface area (Å²) in [6, 6.07) is 14.1. The summed E-state index contributed by atoms with van der Waals surface area (Å²) in [6.07, 6.45) is 0. The number of hydrogen-bond donors (Lipinski definition) is 0. The molecule has 148 valence electrons. The summed E-state index contributed by atoms with van der Waals surface area (Å²) in [5, 5.41) is 1.27. The molecule has 5 nitrogen and oxygen atoms in total. The summed E-state index contributed by atoms with van der Waals surface area (Å²) >= 11 is 12.1. The number of nitrogens with zero attached hydrogens (tertiary/aromatic N) is 2. The van der Waals surface area contributed by atoms with Crippen LogP contribution < -0.4 is 0 Å². The van der Waals surface area contributed by atoms with Gasteiger partial charge in [0, 0.05) is 40.8 Å². The standard InChI is InChI=1S/C21H22Cl2N2O3/c1-27-21(26)19(14-25-10-12-28-13-11-25)24-20(15-2-6-17(22)7-3-15)16-4-8-18(23)9-5-16/h2-9,19H,10-14H2,1H3. The molecule has 0 aromatic heterocycles. The Morgan fingerprint density at radius 1 is 1.04 bits per heavy atom. The van der Waals surface area contributed by atoms with E-state index in [0.29, 0.717) is 35.5 Å². The van der Waals surface area contributed by atoms with Gasteiger partial charge in [-0.15, -0.1) is 0 Å². The van der Waals surface area contributed by atoms with Crippen molar-refractivity contribution in [3.05, 3.63) is 69.7 Å². The number of carbonyl (C=O) groups excluding carboxylic acids is 1. The molecule has 2 aromatic carbocycles. The molecule has 1 aliphatic heterocycles. The summed E-state index contributed by atoms with van der Waals surface area (Å²) in [6.45, 7) is 3.30. The Bertz CT molecular complexity index is 769. The first-order chi connectivity index (χ1) is 13.6. The van der Waals surface area contributed by atoms with Gasteiger partial charge >= 0.3 is 5.97 Å². The summed E-state index contributed by atoms with van der Waals surface area (Å²) < 4.78 is 10.4. The summed E-state index contributed by atoms with van der Waals surface area (Å²) in [5.41, 5.74) is 2.42. The molecule has 1 unspecified atom stereocenters. The molecule has 1 atom stereocenters. The second-order valence-electron chi connectivity index (χ2n) is 6.44. The van der Waals surface area contributed by atoms with E-state index in [0.717, 1.165) is 24.2 Å². The fourth-order valence-electron chi connectivity index (χ4n) is 3.02. The number of rotatable bonds is 6. The molecular formula is C21H22Cl2N2O3. The molecule has 1 heterocycles. The van der Waals surface area contributed by atoms with Crippen LogP contribution in [0.15, 0.2) is 53.5 Å². The van der Waals surface area contributed by atoms with Crippen LogP contribution in [-0.4, -0.2) is 62.6 Å². The van der Waals surface area contributed by atoms with Gasteiger partial charge in [-0.25, -0.2) is 4.79 Å². The van der Waals surface area contributed by atoms with Gasteiger partial charge in [-0.1, -0.05) is 47.5 Å². The van der Waals surface area contributed by atoms with Gasteiger partial charge in [-0.3, -0.25) is 9.89 Å². The van der Waals surface area contributed by atoms with Gasteiger partial charge in [0.05, 0.1) is 26.0 Å². The van der Waals surface area contributed by atoms with Crippen LogP contribution in [-0.2, 0) is 14.3 Å². The maximum Gasteiger partial charge on any atom is 0.331 e. The quantitative estimate of drug-likeness (QED) is 0.527. The minimum absolute atomic E-state index is 0.369. The molecule has 0 amide bonds. The third kappa shape index (κ3) is 5.55.